The Balaban J connectivity index is 1.67. The number of carbonyl (C=O) groups is 2. The van der Waals surface area contributed by atoms with Gasteiger partial charge in [-0.2, -0.15) is 4.98 Å². The summed E-state index contributed by atoms with van der Waals surface area (Å²) in [6, 6.07) is 6.09. The molecule has 0 atom stereocenters. The van der Waals surface area contributed by atoms with Gasteiger partial charge in [-0.25, -0.2) is 8.42 Å². The smallest absolute Gasteiger partial charge is 0.369 e. The lowest BCUT2D eigenvalue weighted by Crippen LogP contribution is -2.48. The molecule has 0 aliphatic heterocycles. The Kier molecular flexibility index (Phi) is 7.77. The van der Waals surface area contributed by atoms with Crippen molar-refractivity contribution < 1.29 is 42.6 Å². The van der Waals surface area contributed by atoms with Gasteiger partial charge in [0.2, 0.25) is 17.6 Å². The van der Waals surface area contributed by atoms with Crippen molar-refractivity contribution in [1.29, 1.82) is 0 Å². The van der Waals surface area contributed by atoms with Gasteiger partial charge in [0.1, 0.15) is 9.84 Å². The maximum atomic E-state index is 12.6. The maximum Gasteiger partial charge on any atom is 0.369 e. The number of hydrogen-bond acceptors (Lipinski definition) is 14. The van der Waals surface area contributed by atoms with E-state index in [4.69, 9.17) is 9.26 Å². The first kappa shape index (κ1) is 27.8. The normalized spacial score (nSPS) is 13.6. The molecule has 0 spiro atoms. The lowest BCUT2D eigenvalue weighted by atomic mass is 10.1. The average Bonchev–Trinajstić information content (AvgIpc) is 3.59. The fourth-order valence-corrected chi connectivity index (χ4v) is 3.96. The highest BCUT2D eigenvalue weighted by atomic mass is 32.2. The van der Waals surface area contributed by atoms with Gasteiger partial charge in [0.05, 0.1) is 29.8 Å². The molecule has 0 unspecified atom stereocenters. The fourth-order valence-electron chi connectivity index (χ4n) is 3.42. The third-order valence-corrected chi connectivity index (χ3v) is 6.32. The number of aromatic nitrogens is 4. The van der Waals surface area contributed by atoms with E-state index in [1.165, 1.54) is 18.5 Å². The average molecular weight is 564 g/mol. The number of anilines is 3. The van der Waals surface area contributed by atoms with Crippen LogP contribution in [0.4, 0.5) is 17.2 Å². The van der Waals surface area contributed by atoms with Gasteiger partial charge in [0.25, 0.3) is 5.91 Å². The molecule has 16 nitrogen and oxygen atoms in total. The van der Waals surface area contributed by atoms with Crippen LogP contribution in [-0.2, 0) is 21.1 Å². The quantitative estimate of drug-likeness (QED) is 0.162. The van der Waals surface area contributed by atoms with E-state index in [0.717, 1.165) is 19.1 Å². The van der Waals surface area contributed by atoms with Crippen molar-refractivity contribution in [3.05, 3.63) is 35.9 Å². The van der Waals surface area contributed by atoms with Gasteiger partial charge >= 0.3 is 6.10 Å². The summed E-state index contributed by atoms with van der Waals surface area (Å²) < 4.78 is 33.6. The van der Waals surface area contributed by atoms with Crippen LogP contribution in [0.5, 0.6) is 5.75 Å². The first-order chi connectivity index (χ1) is 18.3. The van der Waals surface area contributed by atoms with Crippen molar-refractivity contribution in [3.8, 4) is 17.1 Å². The molecule has 1 fully saturated rings. The number of methoxy groups -OCH3 is 1. The summed E-state index contributed by atoms with van der Waals surface area (Å²) in [5.41, 5.74) is 0.112. The van der Waals surface area contributed by atoms with Crippen molar-refractivity contribution in [3.63, 3.8) is 0 Å². The summed E-state index contributed by atoms with van der Waals surface area (Å²) >= 11 is 0. The molecule has 2 aromatic heterocycles. The third kappa shape index (κ3) is 7.44. The predicted octanol–water partition coefficient (Wildman–Crippen LogP) is -0.468. The second-order valence-corrected chi connectivity index (χ2v) is 11.0. The van der Waals surface area contributed by atoms with E-state index in [1.54, 1.807) is 18.2 Å². The molecule has 1 aliphatic carbocycles. The number of nitrogens with one attached hydrogen (secondary N) is 3. The van der Waals surface area contributed by atoms with Gasteiger partial charge in [-0.15, -0.1) is 10.2 Å². The molecule has 6 N–H and O–H groups in total. The van der Waals surface area contributed by atoms with Crippen LogP contribution in [0.3, 0.4) is 0 Å². The SMILES string of the molecule is COc1c(Nc2cc(NC(=O)C3CC3)nnc2C(=O)NC(O)(O)O)cccc1-c1noc(CCS(C)(=O)=O)n1. The molecule has 3 aromatic rings. The van der Waals surface area contributed by atoms with Crippen LogP contribution >= 0.6 is 0 Å². The van der Waals surface area contributed by atoms with Crippen molar-refractivity contribution in [2.45, 2.75) is 25.4 Å². The molecule has 0 saturated heterocycles. The van der Waals surface area contributed by atoms with E-state index in [2.05, 4.69) is 31.0 Å². The molecule has 4 rings (SSSR count). The number of ether oxygens (including phenoxy) is 1. The number of amides is 2. The van der Waals surface area contributed by atoms with E-state index >= 15 is 0 Å². The van der Waals surface area contributed by atoms with Crippen molar-refractivity contribution >= 4 is 38.8 Å². The highest BCUT2D eigenvalue weighted by molar-refractivity contribution is 7.90. The lowest BCUT2D eigenvalue weighted by molar-refractivity contribution is -0.323. The van der Waals surface area contributed by atoms with E-state index in [0.29, 0.717) is 5.56 Å². The van der Waals surface area contributed by atoms with Crippen LogP contribution in [0.25, 0.3) is 11.4 Å². The topological polar surface area (TPSA) is 239 Å². The second-order valence-electron chi connectivity index (χ2n) is 8.75. The molecule has 39 heavy (non-hydrogen) atoms. The number of benzene rings is 1. The highest BCUT2D eigenvalue weighted by Gasteiger charge is 2.31. The molecule has 17 heteroatoms. The van der Waals surface area contributed by atoms with Crippen molar-refractivity contribution in [2.75, 3.05) is 29.8 Å². The Hall–Kier alpha value is -4.19. The minimum Gasteiger partial charge on any atom is -0.494 e. The Morgan fingerprint density at radius 2 is 1.92 bits per heavy atom. The first-order valence-electron chi connectivity index (χ1n) is 11.5. The number of sulfone groups is 1. The number of carbonyl (C=O) groups excluding carboxylic acids is 2. The van der Waals surface area contributed by atoms with E-state index < -0.39 is 27.5 Å². The van der Waals surface area contributed by atoms with Gasteiger partial charge in [-0.05, 0) is 25.0 Å². The summed E-state index contributed by atoms with van der Waals surface area (Å²) in [7, 11) is -1.88. The molecule has 0 radical (unpaired) electrons. The van der Waals surface area contributed by atoms with Crippen LogP contribution in [-0.4, -0.2) is 81.1 Å². The van der Waals surface area contributed by atoms with Gasteiger partial charge in [0.15, 0.2) is 17.3 Å². The Labute approximate surface area is 221 Å². The minimum atomic E-state index is -3.53. The van der Waals surface area contributed by atoms with Crippen LogP contribution in [0.1, 0.15) is 29.2 Å². The highest BCUT2D eigenvalue weighted by Crippen LogP contribution is 2.37. The zero-order valence-corrected chi connectivity index (χ0v) is 21.5. The number of hydrogen-bond donors (Lipinski definition) is 6. The summed E-state index contributed by atoms with van der Waals surface area (Å²) in [6.07, 6.45) is -0.932. The first-order valence-corrected chi connectivity index (χ1v) is 13.5. The number of aryl methyl sites for hydroxylation is 1. The molecule has 1 aliphatic rings. The van der Waals surface area contributed by atoms with Gasteiger partial charge in [-0.1, -0.05) is 11.2 Å². The molecule has 2 heterocycles. The van der Waals surface area contributed by atoms with Crippen molar-refractivity contribution in [2.24, 2.45) is 5.92 Å². The molecule has 1 saturated carbocycles. The summed E-state index contributed by atoms with van der Waals surface area (Å²) in [5, 5.41) is 46.0. The molecule has 0 bridgehead atoms. The van der Waals surface area contributed by atoms with E-state index in [1.807, 2.05) is 0 Å². The minimum absolute atomic E-state index is 0.0121. The largest absolute Gasteiger partial charge is 0.494 e. The Morgan fingerprint density at radius 3 is 2.56 bits per heavy atom. The molecule has 2 amide bonds. The molecule has 208 valence electrons. The van der Waals surface area contributed by atoms with Crippen LogP contribution in [0, 0.1) is 5.92 Å². The zero-order chi connectivity index (χ0) is 28.4. The van der Waals surface area contributed by atoms with Gasteiger partial charge < -0.3 is 35.2 Å². The summed E-state index contributed by atoms with van der Waals surface area (Å²) in [4.78, 5) is 29.0. The number of nitrogens with zero attached hydrogens (tertiary/aromatic N) is 4. The van der Waals surface area contributed by atoms with Gasteiger partial charge in [0, 0.05) is 24.7 Å². The Morgan fingerprint density at radius 1 is 1.18 bits per heavy atom. The van der Waals surface area contributed by atoms with Crippen LogP contribution in [0.2, 0.25) is 0 Å². The van der Waals surface area contributed by atoms with Gasteiger partial charge in [-0.3, -0.25) is 14.9 Å². The lowest BCUT2D eigenvalue weighted by Gasteiger charge is -2.18. The maximum absolute atomic E-state index is 12.6. The summed E-state index contributed by atoms with van der Waals surface area (Å²) in [5.74, 6) is -1.38. The van der Waals surface area contributed by atoms with E-state index in [-0.39, 0.29) is 58.7 Å². The molecule has 1 aromatic carbocycles. The summed E-state index contributed by atoms with van der Waals surface area (Å²) in [6.45, 7) is 0. The van der Waals surface area contributed by atoms with E-state index in [9.17, 15) is 33.3 Å². The third-order valence-electron chi connectivity index (χ3n) is 5.37. The Bertz CT molecular complexity index is 1500. The number of para-hydroxylation sites is 1. The van der Waals surface area contributed by atoms with Crippen LogP contribution in [0.15, 0.2) is 28.8 Å². The van der Waals surface area contributed by atoms with Crippen LogP contribution < -0.4 is 20.7 Å². The monoisotopic (exact) mass is 563 g/mol. The predicted molar refractivity (Wildman–Crippen MR) is 133 cm³/mol. The number of aliphatic hydroxyl groups is 3. The fraction of sp³-hybridized carbons (Fsp3) is 0.364. The molecular weight excluding hydrogens is 538 g/mol. The number of rotatable bonds is 11. The molecular formula is C22H25N7O9S. The zero-order valence-electron chi connectivity index (χ0n) is 20.7. The van der Waals surface area contributed by atoms with Crippen molar-refractivity contribution in [1.82, 2.24) is 25.7 Å². The second kappa shape index (κ2) is 10.9. The standard InChI is InChI=1S/C22H25N7O9S/c1-37-18-12(19-25-16(38-29-19)8-9-39(2,35)36)4-3-5-13(18)23-14-10-15(24-20(30)11-6-7-11)27-28-17(14)21(31)26-22(32,33)34/h3-5,10-11,32-34H,6-9H2,1-2H3,(H,26,31)(H2,23,24,27,30).